The largest absolute Gasteiger partial charge is 0.396 e. The molecule has 1 saturated heterocycles. The van der Waals surface area contributed by atoms with E-state index in [0.29, 0.717) is 18.4 Å². The highest BCUT2D eigenvalue weighted by molar-refractivity contribution is 5.39. The third kappa shape index (κ3) is 2.42. The molecule has 2 unspecified atom stereocenters. The SMILES string of the molecule is OCC12CCC(C1)N(c1nccc(C(F)(F)c3cc(C4CC4)[nH]n3)n1)C2. The molecule has 5 rings (SSSR count). The lowest BCUT2D eigenvalue weighted by molar-refractivity contribution is 0.0331. The lowest BCUT2D eigenvalue weighted by Crippen LogP contribution is -2.38. The maximum atomic E-state index is 15.0. The molecule has 0 spiro atoms. The van der Waals surface area contributed by atoms with Crippen LogP contribution in [0.15, 0.2) is 18.3 Å². The molecule has 2 aromatic heterocycles. The Morgan fingerprint density at radius 2 is 2.15 bits per heavy atom. The second-order valence-electron chi connectivity index (χ2n) is 7.98. The van der Waals surface area contributed by atoms with Gasteiger partial charge in [-0.2, -0.15) is 13.9 Å². The van der Waals surface area contributed by atoms with Crippen molar-refractivity contribution in [3.63, 3.8) is 0 Å². The van der Waals surface area contributed by atoms with Crippen molar-refractivity contribution in [2.75, 3.05) is 18.1 Å². The molecule has 0 aromatic carbocycles. The van der Waals surface area contributed by atoms with E-state index in [0.717, 1.165) is 37.8 Å². The fourth-order valence-electron chi connectivity index (χ4n) is 4.40. The van der Waals surface area contributed by atoms with Gasteiger partial charge in [-0.15, -0.1) is 0 Å². The number of H-pyrrole nitrogens is 1. The molecule has 1 aliphatic heterocycles. The van der Waals surface area contributed by atoms with Crippen LogP contribution < -0.4 is 4.90 Å². The van der Waals surface area contributed by atoms with Gasteiger partial charge < -0.3 is 10.0 Å². The highest BCUT2D eigenvalue weighted by atomic mass is 19.3. The molecule has 3 fully saturated rings. The fraction of sp³-hybridized carbons (Fsp3) is 0.611. The highest BCUT2D eigenvalue weighted by Crippen LogP contribution is 2.48. The van der Waals surface area contributed by atoms with Gasteiger partial charge in [0, 0.05) is 35.8 Å². The predicted molar refractivity (Wildman–Crippen MR) is 90.1 cm³/mol. The highest BCUT2D eigenvalue weighted by Gasteiger charge is 2.50. The van der Waals surface area contributed by atoms with Gasteiger partial charge in [0.25, 0.3) is 0 Å². The molecule has 6 nitrogen and oxygen atoms in total. The maximum Gasteiger partial charge on any atom is 0.333 e. The van der Waals surface area contributed by atoms with Crippen LogP contribution in [0.3, 0.4) is 0 Å². The van der Waals surface area contributed by atoms with Crippen LogP contribution in [0, 0.1) is 5.41 Å². The van der Waals surface area contributed by atoms with Crippen molar-refractivity contribution in [3.8, 4) is 0 Å². The zero-order chi connectivity index (χ0) is 17.9. The van der Waals surface area contributed by atoms with Crippen molar-refractivity contribution in [1.29, 1.82) is 0 Å². The molecule has 0 amide bonds. The lowest BCUT2D eigenvalue weighted by Gasteiger charge is -2.31. The first-order valence-electron chi connectivity index (χ1n) is 9.15. The summed E-state index contributed by atoms with van der Waals surface area (Å²) < 4.78 is 29.9. The van der Waals surface area contributed by atoms with Crippen molar-refractivity contribution in [2.45, 2.75) is 50.0 Å². The fourth-order valence-corrected chi connectivity index (χ4v) is 4.40. The smallest absolute Gasteiger partial charge is 0.333 e. The zero-order valence-corrected chi connectivity index (χ0v) is 14.3. The topological polar surface area (TPSA) is 77.9 Å². The Morgan fingerprint density at radius 1 is 1.31 bits per heavy atom. The van der Waals surface area contributed by atoms with Crippen molar-refractivity contribution in [2.24, 2.45) is 5.41 Å². The van der Waals surface area contributed by atoms with Crippen LogP contribution in [0.5, 0.6) is 0 Å². The summed E-state index contributed by atoms with van der Waals surface area (Å²) >= 11 is 0. The number of aromatic nitrogens is 4. The van der Waals surface area contributed by atoms with Crippen LogP contribution in [0.1, 0.15) is 55.1 Å². The van der Waals surface area contributed by atoms with E-state index < -0.39 is 5.92 Å². The Kier molecular flexibility index (Phi) is 3.38. The van der Waals surface area contributed by atoms with E-state index >= 15 is 0 Å². The number of anilines is 1. The summed E-state index contributed by atoms with van der Waals surface area (Å²) in [7, 11) is 0. The number of aliphatic hydroxyl groups is 1. The van der Waals surface area contributed by atoms with E-state index in [-0.39, 0.29) is 29.5 Å². The molecule has 26 heavy (non-hydrogen) atoms. The van der Waals surface area contributed by atoms with Gasteiger partial charge in [0.1, 0.15) is 11.4 Å². The number of aliphatic hydroxyl groups excluding tert-OH is 1. The normalized spacial score (nSPS) is 28.1. The first kappa shape index (κ1) is 16.1. The molecule has 0 radical (unpaired) electrons. The van der Waals surface area contributed by atoms with Crippen LogP contribution in [0.25, 0.3) is 0 Å². The molecule has 2 bridgehead atoms. The number of fused-ring (bicyclic) bond motifs is 2. The van der Waals surface area contributed by atoms with E-state index in [9.17, 15) is 13.9 Å². The molecule has 2 aromatic rings. The number of nitrogens with zero attached hydrogens (tertiary/aromatic N) is 4. The second-order valence-corrected chi connectivity index (χ2v) is 7.98. The number of nitrogens with one attached hydrogen (secondary N) is 1. The minimum Gasteiger partial charge on any atom is -0.396 e. The third-order valence-corrected chi connectivity index (χ3v) is 6.12. The summed E-state index contributed by atoms with van der Waals surface area (Å²) in [5, 5.41) is 16.3. The predicted octanol–water partition coefficient (Wildman–Crippen LogP) is 2.57. The molecule has 2 N–H and O–H groups in total. The third-order valence-electron chi connectivity index (χ3n) is 6.12. The first-order chi connectivity index (χ1) is 12.5. The van der Waals surface area contributed by atoms with E-state index in [1.807, 2.05) is 4.90 Å². The molecule has 8 heteroatoms. The monoisotopic (exact) mass is 361 g/mol. The second kappa shape index (κ2) is 5.45. The van der Waals surface area contributed by atoms with Crippen LogP contribution >= 0.6 is 0 Å². The van der Waals surface area contributed by atoms with Crippen LogP contribution in [0.2, 0.25) is 0 Å². The van der Waals surface area contributed by atoms with Crippen molar-refractivity contribution in [3.05, 3.63) is 35.4 Å². The van der Waals surface area contributed by atoms with Gasteiger partial charge in [-0.1, -0.05) is 0 Å². The minimum absolute atomic E-state index is 0.118. The molecule has 2 saturated carbocycles. The number of hydrogen-bond donors (Lipinski definition) is 2. The number of halogens is 2. The minimum atomic E-state index is -3.27. The van der Waals surface area contributed by atoms with E-state index in [4.69, 9.17) is 0 Å². The molecule has 2 aliphatic carbocycles. The Bertz CT molecular complexity index is 836. The van der Waals surface area contributed by atoms with Crippen LogP contribution in [-0.4, -0.2) is 44.5 Å². The lowest BCUT2D eigenvalue weighted by atomic mass is 9.89. The number of aromatic amines is 1. The van der Waals surface area contributed by atoms with Crippen molar-refractivity contribution >= 4 is 5.95 Å². The van der Waals surface area contributed by atoms with E-state index in [1.54, 1.807) is 0 Å². The molecule has 3 aliphatic rings. The van der Waals surface area contributed by atoms with Gasteiger partial charge >= 0.3 is 5.92 Å². The average molecular weight is 361 g/mol. The Labute approximate surface area is 149 Å². The van der Waals surface area contributed by atoms with Gasteiger partial charge in [-0.25, -0.2) is 9.97 Å². The molecular formula is C18H21F2N5O. The van der Waals surface area contributed by atoms with Gasteiger partial charge in [-0.05, 0) is 44.2 Å². The Balaban J connectivity index is 1.44. The summed E-state index contributed by atoms with van der Waals surface area (Å²) in [5.74, 6) is -2.61. The zero-order valence-electron chi connectivity index (χ0n) is 14.3. The quantitative estimate of drug-likeness (QED) is 0.856. The van der Waals surface area contributed by atoms with Crippen LogP contribution in [0.4, 0.5) is 14.7 Å². The molecular weight excluding hydrogens is 340 g/mol. The van der Waals surface area contributed by atoms with Crippen LogP contribution in [-0.2, 0) is 5.92 Å². The molecule has 2 atom stereocenters. The summed E-state index contributed by atoms with van der Waals surface area (Å²) in [6.45, 7) is 0.741. The van der Waals surface area contributed by atoms with E-state index in [1.165, 1.54) is 18.3 Å². The number of hydrogen-bond acceptors (Lipinski definition) is 5. The Morgan fingerprint density at radius 3 is 2.88 bits per heavy atom. The molecule has 3 heterocycles. The average Bonchev–Trinajstić information content (AvgIpc) is 3.11. The summed E-state index contributed by atoms with van der Waals surface area (Å²) in [4.78, 5) is 10.4. The maximum absolute atomic E-state index is 15.0. The number of rotatable bonds is 5. The summed E-state index contributed by atoms with van der Waals surface area (Å²) in [5.41, 5.74) is 0.0140. The first-order valence-corrected chi connectivity index (χ1v) is 9.15. The van der Waals surface area contributed by atoms with Gasteiger partial charge in [0.2, 0.25) is 5.95 Å². The van der Waals surface area contributed by atoms with Crippen molar-refractivity contribution in [1.82, 2.24) is 20.2 Å². The van der Waals surface area contributed by atoms with Crippen molar-refractivity contribution < 1.29 is 13.9 Å². The Hall–Kier alpha value is -2.09. The molecule has 138 valence electrons. The summed E-state index contributed by atoms with van der Waals surface area (Å²) in [6, 6.07) is 2.93. The van der Waals surface area contributed by atoms with Gasteiger partial charge in [-0.3, -0.25) is 5.10 Å². The number of piperidine rings is 1. The standard InChI is InChI=1S/C18H21F2N5O/c19-18(20,15-7-13(23-24-15)11-1-2-11)14-4-6-21-16(22-14)25-9-17(10-26)5-3-12(25)8-17/h4,6-7,11-12,26H,1-3,5,8-10H2,(H,23,24). The summed E-state index contributed by atoms with van der Waals surface area (Å²) in [6.07, 6.45) is 6.21. The van der Waals surface area contributed by atoms with Gasteiger partial charge in [0.15, 0.2) is 0 Å². The van der Waals surface area contributed by atoms with Gasteiger partial charge in [0.05, 0.1) is 6.61 Å². The number of alkyl halides is 2. The van der Waals surface area contributed by atoms with E-state index in [2.05, 4.69) is 20.2 Å².